The Labute approximate surface area is 60.7 Å². The summed E-state index contributed by atoms with van der Waals surface area (Å²) in [5.74, 6) is 0. The van der Waals surface area contributed by atoms with Gasteiger partial charge in [-0.2, -0.15) is 0 Å². The number of halogens is 1. The lowest BCUT2D eigenvalue weighted by Gasteiger charge is -2.15. The summed E-state index contributed by atoms with van der Waals surface area (Å²) in [6, 6.07) is 0. The van der Waals surface area contributed by atoms with E-state index in [1.165, 1.54) is 0 Å². The van der Waals surface area contributed by atoms with Crippen LogP contribution in [-0.4, -0.2) is 18.3 Å². The van der Waals surface area contributed by atoms with Crippen molar-refractivity contribution < 1.29 is 0 Å². The average Bonchev–Trinajstić information content (AvgIpc) is 1.65. The Kier molecular flexibility index (Phi) is 2.65. The Hall–Kier alpha value is -0.570. The molecule has 0 atom stereocenters. The summed E-state index contributed by atoms with van der Waals surface area (Å²) >= 11 is 0. The topological polar surface area (TPSA) is 36.8 Å². The molecule has 0 saturated carbocycles. The quantitative estimate of drug-likeness (QED) is 0.541. The third-order valence-electron chi connectivity index (χ3n) is 0.910. The Balaban J connectivity index is 0.000000640. The van der Waals surface area contributed by atoms with Crippen molar-refractivity contribution in [2.75, 3.05) is 0 Å². The molecule has 4 heteroatoms. The lowest BCUT2D eigenvalue weighted by atomic mass is 10.3. The first-order chi connectivity index (χ1) is 3.71. The monoisotopic (exact) mass is 147 g/mol. The second-order valence-corrected chi connectivity index (χ2v) is 2.18. The van der Waals surface area contributed by atoms with Crippen LogP contribution in [0.3, 0.4) is 0 Å². The van der Waals surface area contributed by atoms with E-state index >= 15 is 0 Å². The second-order valence-electron chi connectivity index (χ2n) is 2.18. The molecule has 52 valence electrons. The molecule has 0 unspecified atom stereocenters. The van der Waals surface area contributed by atoms with Gasteiger partial charge in [0.1, 0.15) is 5.66 Å². The highest BCUT2D eigenvalue weighted by molar-refractivity contribution is 5.85. The van der Waals surface area contributed by atoms with Gasteiger partial charge in [-0.3, -0.25) is 0 Å². The van der Waals surface area contributed by atoms with E-state index in [-0.39, 0.29) is 18.1 Å². The van der Waals surface area contributed by atoms with Crippen LogP contribution in [0.1, 0.15) is 13.8 Å². The van der Waals surface area contributed by atoms with Gasteiger partial charge in [0.2, 0.25) is 0 Å². The van der Waals surface area contributed by atoms with Gasteiger partial charge in [0.15, 0.2) is 0 Å². The lowest BCUT2D eigenvalue weighted by Crippen LogP contribution is -2.24. The standard InChI is InChI=1S/C5H9N3.ClH/c1-5(2)7-3-6-4-8-5;/h3-4H,1-2H3,(H,6,7,8);1H. The summed E-state index contributed by atoms with van der Waals surface area (Å²) in [4.78, 5) is 8.06. The van der Waals surface area contributed by atoms with Crippen molar-refractivity contribution in [1.82, 2.24) is 5.32 Å². The van der Waals surface area contributed by atoms with Gasteiger partial charge in [0.25, 0.3) is 0 Å². The van der Waals surface area contributed by atoms with E-state index < -0.39 is 0 Å². The predicted molar refractivity (Wildman–Crippen MR) is 41.4 cm³/mol. The van der Waals surface area contributed by atoms with Crippen LogP contribution in [0.2, 0.25) is 0 Å². The fraction of sp³-hybridized carbons (Fsp3) is 0.600. The van der Waals surface area contributed by atoms with Gasteiger partial charge in [-0.05, 0) is 13.8 Å². The molecule has 1 N–H and O–H groups in total. The summed E-state index contributed by atoms with van der Waals surface area (Å²) in [6.45, 7) is 3.89. The van der Waals surface area contributed by atoms with Crippen molar-refractivity contribution in [3.05, 3.63) is 0 Å². The number of nitrogens with one attached hydrogen (secondary N) is 1. The maximum atomic E-state index is 4.03. The molecule has 0 radical (unpaired) electrons. The second kappa shape index (κ2) is 2.82. The first-order valence-electron chi connectivity index (χ1n) is 2.54. The van der Waals surface area contributed by atoms with Gasteiger partial charge in [-0.1, -0.05) is 0 Å². The van der Waals surface area contributed by atoms with Crippen LogP contribution in [0.4, 0.5) is 0 Å². The third kappa shape index (κ3) is 2.46. The molecule has 0 aromatic carbocycles. The Morgan fingerprint density at radius 3 is 1.89 bits per heavy atom. The van der Waals surface area contributed by atoms with E-state index in [4.69, 9.17) is 0 Å². The van der Waals surface area contributed by atoms with Crippen LogP contribution in [0.5, 0.6) is 0 Å². The van der Waals surface area contributed by atoms with Crippen LogP contribution in [0.15, 0.2) is 9.98 Å². The van der Waals surface area contributed by atoms with Gasteiger partial charge < -0.3 is 5.32 Å². The highest BCUT2D eigenvalue weighted by Crippen LogP contribution is 2.09. The summed E-state index contributed by atoms with van der Waals surface area (Å²) in [7, 11) is 0. The number of aliphatic imine (C=N–C) groups is 2. The van der Waals surface area contributed by atoms with Crippen molar-refractivity contribution in [3.63, 3.8) is 0 Å². The van der Waals surface area contributed by atoms with Crippen LogP contribution in [0, 0.1) is 0 Å². The summed E-state index contributed by atoms with van der Waals surface area (Å²) in [5, 5.41) is 2.76. The highest BCUT2D eigenvalue weighted by Gasteiger charge is 2.12. The molecule has 9 heavy (non-hydrogen) atoms. The van der Waals surface area contributed by atoms with E-state index in [1.807, 2.05) is 13.8 Å². The van der Waals surface area contributed by atoms with E-state index in [1.54, 1.807) is 12.7 Å². The van der Waals surface area contributed by atoms with Crippen molar-refractivity contribution in [2.24, 2.45) is 9.98 Å². The maximum absolute atomic E-state index is 4.03. The van der Waals surface area contributed by atoms with Gasteiger partial charge in [-0.15, -0.1) is 12.4 Å². The van der Waals surface area contributed by atoms with Crippen molar-refractivity contribution in [2.45, 2.75) is 19.5 Å². The maximum Gasteiger partial charge on any atom is 0.147 e. The molecule has 0 spiro atoms. The van der Waals surface area contributed by atoms with Crippen LogP contribution in [0.25, 0.3) is 0 Å². The molecule has 0 aromatic heterocycles. The zero-order valence-corrected chi connectivity index (χ0v) is 6.27. The summed E-state index contributed by atoms with van der Waals surface area (Å²) in [5.41, 5.74) is -0.245. The number of nitrogens with zero attached hydrogens (tertiary/aromatic N) is 2. The van der Waals surface area contributed by atoms with Gasteiger partial charge in [-0.25, -0.2) is 9.98 Å². The molecule has 1 aliphatic rings. The SMILES string of the molecule is CC1(C)N=CNC=N1.Cl. The number of hydrogen-bond acceptors (Lipinski definition) is 3. The van der Waals surface area contributed by atoms with Crippen LogP contribution < -0.4 is 5.32 Å². The predicted octanol–water partition coefficient (Wildman–Crippen LogP) is 0.804. The number of hydrogen-bond donors (Lipinski definition) is 1. The summed E-state index contributed by atoms with van der Waals surface area (Å²) < 4.78 is 0. The van der Waals surface area contributed by atoms with E-state index in [9.17, 15) is 0 Å². The molecule has 1 aliphatic heterocycles. The Morgan fingerprint density at radius 1 is 1.22 bits per heavy atom. The third-order valence-corrected chi connectivity index (χ3v) is 0.910. The fourth-order valence-corrected chi connectivity index (χ4v) is 0.457. The molecule has 0 fully saturated rings. The molecule has 0 saturated heterocycles. The van der Waals surface area contributed by atoms with Crippen molar-refractivity contribution >= 4 is 25.1 Å². The minimum absolute atomic E-state index is 0. The van der Waals surface area contributed by atoms with Crippen molar-refractivity contribution in [1.29, 1.82) is 0 Å². The van der Waals surface area contributed by atoms with E-state index in [0.29, 0.717) is 0 Å². The van der Waals surface area contributed by atoms with Gasteiger partial charge >= 0.3 is 0 Å². The molecular formula is C5H10ClN3. The van der Waals surface area contributed by atoms with E-state index in [2.05, 4.69) is 15.3 Å². The van der Waals surface area contributed by atoms with Crippen LogP contribution >= 0.6 is 12.4 Å². The first kappa shape index (κ1) is 8.43. The highest BCUT2D eigenvalue weighted by atomic mass is 35.5. The zero-order chi connectivity index (χ0) is 6.04. The smallest absolute Gasteiger partial charge is 0.147 e. The van der Waals surface area contributed by atoms with E-state index in [0.717, 1.165) is 0 Å². The average molecular weight is 148 g/mol. The van der Waals surface area contributed by atoms with Gasteiger partial charge in [0.05, 0.1) is 12.7 Å². The summed E-state index contributed by atoms with van der Waals surface area (Å²) in [6.07, 6.45) is 3.29. The zero-order valence-electron chi connectivity index (χ0n) is 5.46. The Morgan fingerprint density at radius 2 is 1.67 bits per heavy atom. The molecular weight excluding hydrogens is 138 g/mol. The minimum Gasteiger partial charge on any atom is -0.338 e. The number of rotatable bonds is 0. The first-order valence-corrected chi connectivity index (χ1v) is 2.54. The molecule has 1 heterocycles. The Bertz CT molecular complexity index is 125. The normalized spacial score (nSPS) is 20.2. The molecule has 0 aromatic rings. The molecule has 0 bridgehead atoms. The lowest BCUT2D eigenvalue weighted by molar-refractivity contribution is 0.550. The van der Waals surface area contributed by atoms with Crippen LogP contribution in [-0.2, 0) is 0 Å². The van der Waals surface area contributed by atoms with Gasteiger partial charge in [0, 0.05) is 0 Å². The molecule has 0 amide bonds. The molecule has 3 nitrogen and oxygen atoms in total. The molecule has 1 rings (SSSR count). The molecule has 0 aliphatic carbocycles. The fourth-order valence-electron chi connectivity index (χ4n) is 0.457. The van der Waals surface area contributed by atoms with Crippen molar-refractivity contribution in [3.8, 4) is 0 Å². The largest absolute Gasteiger partial charge is 0.338 e. The minimum atomic E-state index is -0.245.